The highest BCUT2D eigenvalue weighted by Gasteiger charge is 2.32. The molecular formula is C16H19ClN6O. The van der Waals surface area contributed by atoms with Crippen molar-refractivity contribution in [2.75, 3.05) is 25.0 Å². The van der Waals surface area contributed by atoms with Crippen LogP contribution in [0, 0.1) is 17.2 Å². The van der Waals surface area contributed by atoms with Crippen LogP contribution in [-0.4, -0.2) is 51.9 Å². The van der Waals surface area contributed by atoms with Crippen LogP contribution in [0.3, 0.4) is 0 Å². The molecule has 126 valence electrons. The molecule has 0 saturated carbocycles. The number of hydrogen-bond acceptors (Lipinski definition) is 5. The highest BCUT2D eigenvalue weighted by Crippen LogP contribution is 2.30. The van der Waals surface area contributed by atoms with E-state index in [-0.39, 0.29) is 23.7 Å². The molecule has 0 bridgehead atoms. The number of piperidine rings is 1. The predicted molar refractivity (Wildman–Crippen MR) is 91.7 cm³/mol. The first-order chi connectivity index (χ1) is 11.5. The van der Waals surface area contributed by atoms with Gasteiger partial charge in [-0.25, -0.2) is 0 Å². The number of anilines is 1. The van der Waals surface area contributed by atoms with Crippen molar-refractivity contribution in [3.8, 4) is 6.07 Å². The van der Waals surface area contributed by atoms with Gasteiger partial charge in [-0.05, 0) is 30.0 Å². The third-order valence-electron chi connectivity index (χ3n) is 4.70. The molecule has 1 amide bonds. The molecule has 1 saturated heterocycles. The van der Waals surface area contributed by atoms with E-state index in [1.807, 2.05) is 19.2 Å². The fourth-order valence-corrected chi connectivity index (χ4v) is 3.45. The Balaban J connectivity index is 1.89. The average Bonchev–Trinajstić information content (AvgIpc) is 3.02. The van der Waals surface area contributed by atoms with E-state index in [1.54, 1.807) is 11.1 Å². The van der Waals surface area contributed by atoms with Gasteiger partial charge in [0.2, 0.25) is 11.2 Å². The molecule has 3 rings (SSSR count). The van der Waals surface area contributed by atoms with Crippen molar-refractivity contribution in [1.82, 2.24) is 19.9 Å². The van der Waals surface area contributed by atoms with Gasteiger partial charge in [-0.2, -0.15) is 15.2 Å². The molecule has 1 aliphatic heterocycles. The van der Waals surface area contributed by atoms with Gasteiger partial charge in [-0.3, -0.25) is 4.79 Å². The zero-order valence-electron chi connectivity index (χ0n) is 13.7. The number of carbonyl (C=O) groups excluding carboxylic acids is 1. The number of aromatic nitrogens is 3. The van der Waals surface area contributed by atoms with E-state index in [4.69, 9.17) is 16.9 Å². The van der Waals surface area contributed by atoms with Crippen LogP contribution in [0.2, 0.25) is 5.28 Å². The lowest BCUT2D eigenvalue weighted by atomic mass is 9.92. The maximum absolute atomic E-state index is 12.1. The molecule has 8 heteroatoms. The SMILES string of the molecule is C[C@@H]1CCN(C(=O)CC#N)C[C@@H]1N(C)c1nc(Cl)nc2[nH]ccc12. The van der Waals surface area contributed by atoms with E-state index in [2.05, 4.69) is 26.8 Å². The molecule has 24 heavy (non-hydrogen) atoms. The van der Waals surface area contributed by atoms with Gasteiger partial charge >= 0.3 is 0 Å². The summed E-state index contributed by atoms with van der Waals surface area (Å²) in [5, 5.41) is 9.84. The first-order valence-electron chi connectivity index (χ1n) is 7.89. The van der Waals surface area contributed by atoms with Crippen LogP contribution < -0.4 is 4.90 Å². The van der Waals surface area contributed by atoms with Gasteiger partial charge < -0.3 is 14.8 Å². The molecule has 2 aromatic rings. The molecule has 1 N–H and O–H groups in total. The fourth-order valence-electron chi connectivity index (χ4n) is 3.28. The summed E-state index contributed by atoms with van der Waals surface area (Å²) in [5.74, 6) is 1.02. The van der Waals surface area contributed by atoms with E-state index >= 15 is 0 Å². The number of likely N-dealkylation sites (tertiary alicyclic amines) is 1. The standard InChI is InChI=1S/C16H19ClN6O/c1-10-5-8-23(13(24)3-6-18)9-12(10)22(2)15-11-4-7-19-14(11)20-16(17)21-15/h4,7,10,12H,3,5,8-9H2,1-2H3,(H,19,20,21)/t10-,12+/m1/s1. The smallest absolute Gasteiger partial charge is 0.236 e. The summed E-state index contributed by atoms with van der Waals surface area (Å²) in [6.07, 6.45) is 2.62. The number of aromatic amines is 1. The predicted octanol–water partition coefficient (Wildman–Crippen LogP) is 2.20. The molecule has 7 nitrogen and oxygen atoms in total. The molecule has 0 aromatic carbocycles. The summed E-state index contributed by atoms with van der Waals surface area (Å²) in [4.78, 5) is 27.5. The second-order valence-electron chi connectivity index (χ2n) is 6.18. The van der Waals surface area contributed by atoms with Gasteiger partial charge in [0.25, 0.3) is 0 Å². The molecular weight excluding hydrogens is 328 g/mol. The number of nitrogens with zero attached hydrogens (tertiary/aromatic N) is 5. The molecule has 1 aliphatic rings. The Morgan fingerprint density at radius 3 is 3.12 bits per heavy atom. The lowest BCUT2D eigenvalue weighted by Gasteiger charge is -2.42. The van der Waals surface area contributed by atoms with Crippen molar-refractivity contribution < 1.29 is 4.79 Å². The van der Waals surface area contributed by atoms with Crippen LogP contribution in [0.4, 0.5) is 5.82 Å². The first-order valence-corrected chi connectivity index (χ1v) is 8.27. The maximum atomic E-state index is 12.1. The van der Waals surface area contributed by atoms with Crippen molar-refractivity contribution in [3.63, 3.8) is 0 Å². The number of halogens is 1. The average molecular weight is 347 g/mol. The van der Waals surface area contributed by atoms with Gasteiger partial charge in [-0.15, -0.1) is 0 Å². The summed E-state index contributed by atoms with van der Waals surface area (Å²) in [7, 11) is 1.96. The number of carbonyl (C=O) groups is 1. The van der Waals surface area contributed by atoms with Gasteiger partial charge in [0.1, 0.15) is 17.9 Å². The number of likely N-dealkylation sites (N-methyl/N-ethyl adjacent to an activating group) is 1. The Kier molecular flexibility index (Phi) is 4.58. The molecule has 0 spiro atoms. The molecule has 3 heterocycles. The topological polar surface area (TPSA) is 88.9 Å². The number of nitriles is 1. The molecule has 0 unspecified atom stereocenters. The van der Waals surface area contributed by atoms with Crippen LogP contribution in [-0.2, 0) is 4.79 Å². The number of H-pyrrole nitrogens is 1. The zero-order valence-corrected chi connectivity index (χ0v) is 14.4. The first kappa shape index (κ1) is 16.5. The van der Waals surface area contributed by atoms with E-state index in [9.17, 15) is 4.79 Å². The van der Waals surface area contributed by atoms with Crippen LogP contribution in [0.25, 0.3) is 11.0 Å². The van der Waals surface area contributed by atoms with E-state index < -0.39 is 0 Å². The zero-order chi connectivity index (χ0) is 17.3. The summed E-state index contributed by atoms with van der Waals surface area (Å²) in [6, 6.07) is 3.96. The summed E-state index contributed by atoms with van der Waals surface area (Å²) >= 11 is 6.05. The molecule has 0 radical (unpaired) electrons. The lowest BCUT2D eigenvalue weighted by molar-refractivity contribution is -0.131. The highest BCUT2D eigenvalue weighted by atomic mass is 35.5. The second-order valence-corrected chi connectivity index (χ2v) is 6.51. The highest BCUT2D eigenvalue weighted by molar-refractivity contribution is 6.28. The monoisotopic (exact) mass is 346 g/mol. The van der Waals surface area contributed by atoms with Crippen LogP contribution in [0.1, 0.15) is 19.8 Å². The Hall–Kier alpha value is -2.33. The van der Waals surface area contributed by atoms with Crippen molar-refractivity contribution in [2.24, 2.45) is 5.92 Å². The summed E-state index contributed by atoms with van der Waals surface area (Å²) in [5.41, 5.74) is 0.692. The summed E-state index contributed by atoms with van der Waals surface area (Å²) in [6.45, 7) is 3.44. The quantitative estimate of drug-likeness (QED) is 0.860. The van der Waals surface area contributed by atoms with Gasteiger partial charge in [0.05, 0.1) is 17.5 Å². The van der Waals surface area contributed by atoms with Gasteiger partial charge in [0.15, 0.2) is 0 Å². The minimum absolute atomic E-state index is 0.0772. The Labute approximate surface area is 145 Å². The minimum atomic E-state index is -0.115. The summed E-state index contributed by atoms with van der Waals surface area (Å²) < 4.78 is 0. The number of rotatable bonds is 3. The van der Waals surface area contributed by atoms with Crippen molar-refractivity contribution in [1.29, 1.82) is 5.26 Å². The molecule has 1 fully saturated rings. The number of hydrogen-bond donors (Lipinski definition) is 1. The third-order valence-corrected chi connectivity index (χ3v) is 4.87. The lowest BCUT2D eigenvalue weighted by Crippen LogP contribution is -2.52. The van der Waals surface area contributed by atoms with Crippen LogP contribution >= 0.6 is 11.6 Å². The Morgan fingerprint density at radius 2 is 2.38 bits per heavy atom. The number of fused-ring (bicyclic) bond motifs is 1. The number of amides is 1. The van der Waals surface area contributed by atoms with E-state index in [0.717, 1.165) is 17.6 Å². The normalized spacial score (nSPS) is 20.8. The van der Waals surface area contributed by atoms with Crippen molar-refractivity contribution in [2.45, 2.75) is 25.8 Å². The Bertz CT molecular complexity index is 797. The largest absolute Gasteiger partial charge is 0.354 e. The van der Waals surface area contributed by atoms with E-state index in [1.165, 1.54) is 0 Å². The molecule has 2 aromatic heterocycles. The van der Waals surface area contributed by atoms with Crippen LogP contribution in [0.15, 0.2) is 12.3 Å². The van der Waals surface area contributed by atoms with Crippen molar-refractivity contribution in [3.05, 3.63) is 17.5 Å². The van der Waals surface area contributed by atoms with Crippen molar-refractivity contribution >= 4 is 34.4 Å². The van der Waals surface area contributed by atoms with Gasteiger partial charge in [0, 0.05) is 26.3 Å². The van der Waals surface area contributed by atoms with Crippen LogP contribution in [0.5, 0.6) is 0 Å². The van der Waals surface area contributed by atoms with Gasteiger partial charge in [-0.1, -0.05) is 6.92 Å². The minimum Gasteiger partial charge on any atom is -0.354 e. The number of nitrogens with one attached hydrogen (secondary N) is 1. The molecule has 2 atom stereocenters. The maximum Gasteiger partial charge on any atom is 0.236 e. The Morgan fingerprint density at radius 1 is 1.58 bits per heavy atom. The molecule has 0 aliphatic carbocycles. The third kappa shape index (κ3) is 3.02. The van der Waals surface area contributed by atoms with E-state index in [0.29, 0.717) is 24.7 Å². The second kappa shape index (κ2) is 6.65. The fraction of sp³-hybridized carbons (Fsp3) is 0.500.